The van der Waals surface area contributed by atoms with Gasteiger partial charge in [-0.1, -0.05) is 12.8 Å². The van der Waals surface area contributed by atoms with Crippen molar-refractivity contribution >= 4 is 12.0 Å². The number of carbonyl (C=O) groups excluding carboxylic acids is 1. The normalized spacial score (nSPS) is 36.1. The fourth-order valence-corrected chi connectivity index (χ4v) is 4.27. The molecule has 0 aromatic carbocycles. The largest absolute Gasteiger partial charge is 0.481 e. The summed E-state index contributed by atoms with van der Waals surface area (Å²) in [6.07, 6.45) is 7.32. The van der Waals surface area contributed by atoms with Crippen LogP contribution in [0.4, 0.5) is 4.79 Å². The average molecular weight is 280 g/mol. The second-order valence-electron chi connectivity index (χ2n) is 6.66. The van der Waals surface area contributed by atoms with E-state index in [1.807, 2.05) is 4.90 Å². The number of nitrogens with one attached hydrogen (secondary N) is 1. The number of hydrogen-bond acceptors (Lipinski definition) is 2. The Balaban J connectivity index is 1.50. The summed E-state index contributed by atoms with van der Waals surface area (Å²) in [4.78, 5) is 25.4. The van der Waals surface area contributed by atoms with Crippen LogP contribution in [0.2, 0.25) is 0 Å². The summed E-state index contributed by atoms with van der Waals surface area (Å²) in [5.74, 6) is -0.180. The molecule has 0 spiro atoms. The van der Waals surface area contributed by atoms with Gasteiger partial charge in [-0.3, -0.25) is 4.79 Å². The molecule has 1 aliphatic heterocycles. The zero-order chi connectivity index (χ0) is 14.1. The number of amides is 2. The maximum Gasteiger partial charge on any atom is 0.317 e. The van der Waals surface area contributed by atoms with Gasteiger partial charge in [-0.05, 0) is 43.9 Å². The third-order valence-electron chi connectivity index (χ3n) is 5.41. The third-order valence-corrected chi connectivity index (χ3v) is 5.41. The fourth-order valence-electron chi connectivity index (χ4n) is 4.27. The van der Waals surface area contributed by atoms with Gasteiger partial charge in [0.05, 0.1) is 5.92 Å². The van der Waals surface area contributed by atoms with Crippen LogP contribution in [0.5, 0.6) is 0 Å². The summed E-state index contributed by atoms with van der Waals surface area (Å²) in [5, 5.41) is 12.2. The number of carboxylic acids is 1. The van der Waals surface area contributed by atoms with E-state index in [-0.39, 0.29) is 17.9 Å². The fraction of sp³-hybridized carbons (Fsp3) is 0.867. The number of likely N-dealkylation sites (tertiary alicyclic amines) is 1. The van der Waals surface area contributed by atoms with Crippen molar-refractivity contribution in [2.24, 2.45) is 17.8 Å². The van der Waals surface area contributed by atoms with Gasteiger partial charge in [0.25, 0.3) is 0 Å². The molecule has 4 atom stereocenters. The number of piperidine rings is 1. The lowest BCUT2D eigenvalue weighted by atomic mass is 9.79. The lowest BCUT2D eigenvalue weighted by Gasteiger charge is -2.31. The first-order valence-corrected chi connectivity index (χ1v) is 7.92. The second-order valence-corrected chi connectivity index (χ2v) is 6.66. The van der Waals surface area contributed by atoms with Crippen LogP contribution >= 0.6 is 0 Å². The van der Waals surface area contributed by atoms with Gasteiger partial charge < -0.3 is 15.3 Å². The zero-order valence-electron chi connectivity index (χ0n) is 11.9. The predicted molar refractivity (Wildman–Crippen MR) is 74.3 cm³/mol. The summed E-state index contributed by atoms with van der Waals surface area (Å²) >= 11 is 0. The minimum atomic E-state index is -0.704. The lowest BCUT2D eigenvalue weighted by molar-refractivity contribution is -0.144. The van der Waals surface area contributed by atoms with Gasteiger partial charge >= 0.3 is 12.0 Å². The Labute approximate surface area is 119 Å². The Morgan fingerprint density at radius 3 is 2.60 bits per heavy atom. The molecule has 20 heavy (non-hydrogen) atoms. The van der Waals surface area contributed by atoms with Gasteiger partial charge in [0.1, 0.15) is 0 Å². The van der Waals surface area contributed by atoms with Crippen molar-refractivity contribution < 1.29 is 14.7 Å². The molecule has 3 aliphatic rings. The lowest BCUT2D eigenvalue weighted by Crippen LogP contribution is -2.47. The van der Waals surface area contributed by atoms with Crippen LogP contribution in [0.1, 0.15) is 44.9 Å². The van der Waals surface area contributed by atoms with Crippen molar-refractivity contribution in [3.63, 3.8) is 0 Å². The average Bonchev–Trinajstić information content (AvgIpc) is 3.07. The minimum Gasteiger partial charge on any atom is -0.481 e. The van der Waals surface area contributed by atoms with Gasteiger partial charge in [-0.15, -0.1) is 0 Å². The van der Waals surface area contributed by atoms with Crippen molar-refractivity contribution in [1.29, 1.82) is 0 Å². The monoisotopic (exact) mass is 280 g/mol. The first-order valence-electron chi connectivity index (χ1n) is 7.92. The van der Waals surface area contributed by atoms with E-state index in [1.54, 1.807) is 0 Å². The molecule has 1 heterocycles. The van der Waals surface area contributed by atoms with Gasteiger partial charge in [0.2, 0.25) is 0 Å². The number of fused-ring (bicyclic) bond motifs is 2. The number of rotatable bonds is 3. The van der Waals surface area contributed by atoms with E-state index in [4.69, 9.17) is 0 Å². The Morgan fingerprint density at radius 1 is 1.15 bits per heavy atom. The van der Waals surface area contributed by atoms with E-state index in [9.17, 15) is 14.7 Å². The highest BCUT2D eigenvalue weighted by Gasteiger charge is 2.40. The van der Waals surface area contributed by atoms with Crippen LogP contribution in [0.25, 0.3) is 0 Å². The van der Waals surface area contributed by atoms with Crippen molar-refractivity contribution in [1.82, 2.24) is 10.2 Å². The Hall–Kier alpha value is -1.26. The van der Waals surface area contributed by atoms with E-state index < -0.39 is 5.97 Å². The number of hydrogen-bond donors (Lipinski definition) is 2. The zero-order valence-corrected chi connectivity index (χ0v) is 11.9. The molecule has 4 unspecified atom stereocenters. The van der Waals surface area contributed by atoms with E-state index in [1.165, 1.54) is 6.42 Å². The molecule has 1 saturated heterocycles. The Bertz CT molecular complexity index is 399. The van der Waals surface area contributed by atoms with Crippen LogP contribution < -0.4 is 5.32 Å². The first kappa shape index (κ1) is 13.7. The molecule has 2 bridgehead atoms. The van der Waals surface area contributed by atoms with Crippen molar-refractivity contribution in [3.8, 4) is 0 Å². The van der Waals surface area contributed by atoms with Crippen LogP contribution in [0, 0.1) is 17.8 Å². The number of carboxylic acid groups (broad SMARTS) is 1. The van der Waals surface area contributed by atoms with Gasteiger partial charge in [-0.2, -0.15) is 0 Å². The Morgan fingerprint density at radius 2 is 1.95 bits per heavy atom. The quantitative estimate of drug-likeness (QED) is 0.831. The molecule has 3 rings (SSSR count). The van der Waals surface area contributed by atoms with Crippen LogP contribution in [-0.2, 0) is 4.79 Å². The van der Waals surface area contributed by atoms with Crippen LogP contribution in [0.3, 0.4) is 0 Å². The molecule has 2 saturated carbocycles. The van der Waals surface area contributed by atoms with Crippen LogP contribution in [-0.4, -0.2) is 41.1 Å². The van der Waals surface area contributed by atoms with Gasteiger partial charge in [0.15, 0.2) is 0 Å². The molecule has 0 aromatic heterocycles. The molecule has 2 aliphatic carbocycles. The Kier molecular flexibility index (Phi) is 3.85. The van der Waals surface area contributed by atoms with Crippen molar-refractivity contribution in [2.75, 3.05) is 13.1 Å². The summed E-state index contributed by atoms with van der Waals surface area (Å²) in [6.45, 7) is 1.41. The van der Waals surface area contributed by atoms with E-state index >= 15 is 0 Å². The highest BCUT2D eigenvalue weighted by Crippen LogP contribution is 2.37. The standard InChI is InChI=1S/C15H24N2O3/c18-14(19)13-4-2-1-3-11(13)8-16-15(20)17-9-10-5-6-12(17)7-10/h10-13H,1-9H2,(H,16,20)(H,18,19). The number of nitrogens with zero attached hydrogens (tertiary/aromatic N) is 1. The van der Waals surface area contributed by atoms with Gasteiger partial charge in [0, 0.05) is 19.1 Å². The highest BCUT2D eigenvalue weighted by atomic mass is 16.4. The number of carbonyl (C=O) groups is 2. The minimum absolute atomic E-state index is 0.0203. The molecular formula is C15H24N2O3. The maximum absolute atomic E-state index is 12.2. The summed E-state index contributed by atoms with van der Waals surface area (Å²) in [7, 11) is 0. The summed E-state index contributed by atoms with van der Waals surface area (Å²) < 4.78 is 0. The van der Waals surface area contributed by atoms with E-state index in [0.29, 0.717) is 18.5 Å². The van der Waals surface area contributed by atoms with Crippen molar-refractivity contribution in [2.45, 2.75) is 51.0 Å². The topological polar surface area (TPSA) is 69.6 Å². The molecule has 0 radical (unpaired) electrons. The second kappa shape index (κ2) is 5.62. The predicted octanol–water partition coefficient (Wildman–Crippen LogP) is 2.07. The van der Waals surface area contributed by atoms with E-state index in [0.717, 1.165) is 45.1 Å². The number of urea groups is 1. The number of aliphatic carboxylic acids is 1. The molecule has 112 valence electrons. The molecule has 2 amide bonds. The highest BCUT2D eigenvalue weighted by molar-refractivity contribution is 5.75. The maximum atomic E-state index is 12.2. The summed E-state index contributed by atoms with van der Waals surface area (Å²) in [6, 6.07) is 0.452. The molecule has 0 aromatic rings. The van der Waals surface area contributed by atoms with Crippen LogP contribution in [0.15, 0.2) is 0 Å². The SMILES string of the molecule is O=C(O)C1CCCCC1CNC(=O)N1CC2CCC1C2. The smallest absolute Gasteiger partial charge is 0.317 e. The molecule has 2 N–H and O–H groups in total. The summed E-state index contributed by atoms with van der Waals surface area (Å²) in [5.41, 5.74) is 0. The molecule has 3 fully saturated rings. The first-order chi connectivity index (χ1) is 9.65. The van der Waals surface area contributed by atoms with Crippen molar-refractivity contribution in [3.05, 3.63) is 0 Å². The molecule has 5 heteroatoms. The van der Waals surface area contributed by atoms with Gasteiger partial charge in [-0.25, -0.2) is 4.79 Å². The molecule has 5 nitrogen and oxygen atoms in total. The van der Waals surface area contributed by atoms with E-state index in [2.05, 4.69) is 5.32 Å². The third kappa shape index (κ3) is 2.63. The molecular weight excluding hydrogens is 256 g/mol.